The predicted molar refractivity (Wildman–Crippen MR) is 163 cm³/mol. The average molecular weight is 604 g/mol. The molecule has 5 atom stereocenters. The number of ether oxygens (including phenoxy) is 3. The maximum atomic E-state index is 12.7. The predicted octanol–water partition coefficient (Wildman–Crippen LogP) is 3.37. The molecular formula is C34H41N3O7. The summed E-state index contributed by atoms with van der Waals surface area (Å²) in [7, 11) is 1.30. The molecule has 3 aromatic carbocycles. The lowest BCUT2D eigenvalue weighted by Gasteiger charge is -2.37. The van der Waals surface area contributed by atoms with E-state index < -0.39 is 24.3 Å². The molecule has 10 heteroatoms. The highest BCUT2D eigenvalue weighted by Crippen LogP contribution is 2.38. The Hall–Kier alpha value is -3.80. The minimum absolute atomic E-state index is 0.0140. The minimum Gasteiger partial charge on any atom is -0.467 e. The van der Waals surface area contributed by atoms with Gasteiger partial charge in [-0.3, -0.25) is 4.90 Å². The number of aliphatic hydroxyl groups excluding tert-OH is 2. The first-order valence-corrected chi connectivity index (χ1v) is 15.1. The van der Waals surface area contributed by atoms with Gasteiger partial charge in [0.2, 0.25) is 0 Å². The van der Waals surface area contributed by atoms with Gasteiger partial charge in [0.05, 0.1) is 32.0 Å². The van der Waals surface area contributed by atoms with Crippen LogP contribution >= 0.6 is 0 Å². The number of rotatable bonds is 11. The molecule has 0 aliphatic carbocycles. The molecule has 0 aromatic heterocycles. The third-order valence-corrected chi connectivity index (χ3v) is 8.10. The quantitative estimate of drug-likeness (QED) is 0.246. The number of hydrogen-bond acceptors (Lipinski definition) is 8. The summed E-state index contributed by atoms with van der Waals surface area (Å²) in [6, 6.07) is 23.6. The van der Waals surface area contributed by atoms with E-state index in [2.05, 4.69) is 15.5 Å². The number of methoxy groups -OCH3 is 1. The first-order valence-electron chi connectivity index (χ1n) is 15.1. The van der Waals surface area contributed by atoms with Gasteiger partial charge in [-0.1, -0.05) is 78.9 Å². The number of urea groups is 1. The van der Waals surface area contributed by atoms with Gasteiger partial charge in [-0.2, -0.15) is 0 Å². The molecule has 0 spiro atoms. The van der Waals surface area contributed by atoms with E-state index in [1.165, 1.54) is 7.11 Å². The van der Waals surface area contributed by atoms with Crippen molar-refractivity contribution in [1.29, 1.82) is 0 Å². The molecule has 2 fully saturated rings. The molecule has 2 heterocycles. The summed E-state index contributed by atoms with van der Waals surface area (Å²) >= 11 is 0. The van der Waals surface area contributed by atoms with Crippen LogP contribution in [0.15, 0.2) is 78.9 Å². The van der Waals surface area contributed by atoms with Crippen LogP contribution in [0.2, 0.25) is 0 Å². The summed E-state index contributed by atoms with van der Waals surface area (Å²) in [6.45, 7) is 2.43. The van der Waals surface area contributed by atoms with Crippen LogP contribution in [-0.4, -0.2) is 72.1 Å². The van der Waals surface area contributed by atoms with E-state index in [9.17, 15) is 19.8 Å². The highest BCUT2D eigenvalue weighted by Gasteiger charge is 2.34. The molecule has 0 unspecified atom stereocenters. The lowest BCUT2D eigenvalue weighted by molar-refractivity contribution is -0.252. The molecule has 0 radical (unpaired) electrons. The van der Waals surface area contributed by atoms with Crippen molar-refractivity contribution in [2.24, 2.45) is 0 Å². The summed E-state index contributed by atoms with van der Waals surface area (Å²) in [5.74, 6) is -0.511. The topological polar surface area (TPSA) is 130 Å². The first-order chi connectivity index (χ1) is 21.4. The van der Waals surface area contributed by atoms with Crippen LogP contribution in [0.5, 0.6) is 0 Å². The van der Waals surface area contributed by atoms with Gasteiger partial charge in [-0.05, 0) is 28.7 Å². The number of esters is 1. The van der Waals surface area contributed by atoms with E-state index >= 15 is 0 Å². The number of β-amino-alcohol motifs (C(OH)–C–C–N with tert-alkyl or cyclic N) is 1. The van der Waals surface area contributed by atoms with Crippen LogP contribution in [0.4, 0.5) is 4.79 Å². The molecule has 2 amide bonds. The van der Waals surface area contributed by atoms with Crippen molar-refractivity contribution in [1.82, 2.24) is 15.5 Å². The molecule has 0 bridgehead atoms. The van der Waals surface area contributed by atoms with E-state index in [4.69, 9.17) is 14.2 Å². The third kappa shape index (κ3) is 8.64. The summed E-state index contributed by atoms with van der Waals surface area (Å²) in [6.07, 6.45) is 0.591. The van der Waals surface area contributed by atoms with Gasteiger partial charge in [-0.25, -0.2) is 9.59 Å². The Kier molecular flexibility index (Phi) is 11.0. The minimum atomic E-state index is -0.810. The first kappa shape index (κ1) is 31.6. The Morgan fingerprint density at radius 2 is 1.66 bits per heavy atom. The SMILES string of the molecule is COC(=O)[C@H](Cc1ccccc1)NC(=O)NCc1ccc([C@H]2O[C@@H](CN3CC[C@H](O)C3)C[C@@H](c3ccc(CO)cc3)O2)cc1. The van der Waals surface area contributed by atoms with Crippen LogP contribution in [0.25, 0.3) is 0 Å². The van der Waals surface area contributed by atoms with Gasteiger partial charge >= 0.3 is 12.0 Å². The zero-order valence-electron chi connectivity index (χ0n) is 24.9. The number of carbonyl (C=O) groups is 2. The Bertz CT molecular complexity index is 1350. The fourth-order valence-electron chi connectivity index (χ4n) is 5.67. The molecule has 2 aliphatic heterocycles. The third-order valence-electron chi connectivity index (χ3n) is 8.10. The summed E-state index contributed by atoms with van der Waals surface area (Å²) in [4.78, 5) is 27.2. The molecule has 2 saturated heterocycles. The molecule has 2 aliphatic rings. The van der Waals surface area contributed by atoms with Gasteiger partial charge in [0.15, 0.2) is 6.29 Å². The van der Waals surface area contributed by atoms with Crippen LogP contribution < -0.4 is 10.6 Å². The number of amides is 2. The monoisotopic (exact) mass is 603 g/mol. The van der Waals surface area contributed by atoms with Crippen molar-refractivity contribution in [3.8, 4) is 0 Å². The number of nitrogens with zero attached hydrogens (tertiary/aromatic N) is 1. The van der Waals surface area contributed by atoms with Crippen LogP contribution in [0.1, 0.15) is 53.1 Å². The Morgan fingerprint density at radius 3 is 2.32 bits per heavy atom. The fourth-order valence-corrected chi connectivity index (χ4v) is 5.67. The number of likely N-dealkylation sites (tertiary alicyclic amines) is 1. The lowest BCUT2D eigenvalue weighted by Crippen LogP contribution is -2.47. The molecule has 5 rings (SSSR count). The number of hydrogen-bond donors (Lipinski definition) is 4. The van der Waals surface area contributed by atoms with Crippen LogP contribution in [0.3, 0.4) is 0 Å². The summed E-state index contributed by atoms with van der Waals surface area (Å²) in [5, 5.41) is 25.0. The molecule has 0 saturated carbocycles. The smallest absolute Gasteiger partial charge is 0.328 e. The van der Waals surface area contributed by atoms with Crippen molar-refractivity contribution in [3.63, 3.8) is 0 Å². The number of nitrogens with one attached hydrogen (secondary N) is 2. The molecular weight excluding hydrogens is 562 g/mol. The van der Waals surface area contributed by atoms with Crippen molar-refractivity contribution >= 4 is 12.0 Å². The maximum absolute atomic E-state index is 12.7. The largest absolute Gasteiger partial charge is 0.467 e. The van der Waals surface area contributed by atoms with Crippen molar-refractivity contribution in [3.05, 3.63) is 107 Å². The number of aliphatic hydroxyl groups is 2. The Balaban J connectivity index is 1.20. The maximum Gasteiger partial charge on any atom is 0.328 e. The Labute approximate surface area is 257 Å². The van der Waals surface area contributed by atoms with Gasteiger partial charge in [-0.15, -0.1) is 0 Å². The zero-order chi connectivity index (χ0) is 30.9. The Morgan fingerprint density at radius 1 is 0.955 bits per heavy atom. The fraction of sp³-hybridized carbons (Fsp3) is 0.412. The number of carbonyl (C=O) groups excluding carboxylic acids is 2. The van der Waals surface area contributed by atoms with E-state index in [0.717, 1.165) is 40.8 Å². The molecule has 4 N–H and O–H groups in total. The van der Waals surface area contributed by atoms with Gasteiger partial charge < -0.3 is 35.1 Å². The van der Waals surface area contributed by atoms with E-state index in [1.807, 2.05) is 78.9 Å². The van der Waals surface area contributed by atoms with Gasteiger partial charge in [0.25, 0.3) is 0 Å². The van der Waals surface area contributed by atoms with Crippen molar-refractivity contribution in [2.75, 3.05) is 26.7 Å². The van der Waals surface area contributed by atoms with Crippen molar-refractivity contribution < 1.29 is 34.0 Å². The highest BCUT2D eigenvalue weighted by molar-refractivity contribution is 5.83. The lowest BCUT2D eigenvalue weighted by atomic mass is 9.99. The summed E-state index contributed by atoms with van der Waals surface area (Å²) in [5.41, 5.74) is 4.50. The summed E-state index contributed by atoms with van der Waals surface area (Å²) < 4.78 is 17.7. The molecule has 3 aromatic rings. The van der Waals surface area contributed by atoms with Crippen LogP contribution in [-0.2, 0) is 38.6 Å². The second kappa shape index (κ2) is 15.3. The molecule has 10 nitrogen and oxygen atoms in total. The highest BCUT2D eigenvalue weighted by atomic mass is 16.7. The standard InChI is InChI=1S/C34H41N3O7/c1-42-32(40)30(17-23-5-3-2-4-6-23)36-34(41)35-19-24-7-13-27(14-8-24)33-43-29(21-37-16-15-28(39)20-37)18-31(44-33)26-11-9-25(22-38)10-12-26/h2-14,28-31,33,38-39H,15-22H2,1H3,(H2,35,36,41)/t28-,29+,30-,31-,33-/m0/s1. The average Bonchev–Trinajstić information content (AvgIpc) is 3.47. The van der Waals surface area contributed by atoms with E-state index in [0.29, 0.717) is 25.9 Å². The second-order valence-corrected chi connectivity index (χ2v) is 11.4. The van der Waals surface area contributed by atoms with E-state index in [-0.39, 0.29) is 31.5 Å². The molecule has 44 heavy (non-hydrogen) atoms. The van der Waals surface area contributed by atoms with Crippen LogP contribution in [0, 0.1) is 0 Å². The second-order valence-electron chi connectivity index (χ2n) is 11.4. The van der Waals surface area contributed by atoms with Crippen molar-refractivity contribution in [2.45, 2.75) is 63.1 Å². The zero-order valence-corrected chi connectivity index (χ0v) is 24.9. The molecule has 234 valence electrons. The van der Waals surface area contributed by atoms with Gasteiger partial charge in [0.1, 0.15) is 6.04 Å². The van der Waals surface area contributed by atoms with Gasteiger partial charge in [0, 0.05) is 44.6 Å². The van der Waals surface area contributed by atoms with E-state index in [1.54, 1.807) is 0 Å². The number of benzene rings is 3. The normalized spacial score (nSPS) is 22.7.